The molecule has 0 radical (unpaired) electrons. The number of benzene rings is 1. The van der Waals surface area contributed by atoms with Gasteiger partial charge in [0.25, 0.3) is 0 Å². The summed E-state index contributed by atoms with van der Waals surface area (Å²) in [6.07, 6.45) is 0.717. The van der Waals surface area contributed by atoms with Crippen LogP contribution in [0.1, 0.15) is 24.2 Å². The van der Waals surface area contributed by atoms with Crippen molar-refractivity contribution in [3.05, 3.63) is 53.5 Å². The lowest BCUT2D eigenvalue weighted by molar-refractivity contribution is 0.194. The van der Waals surface area contributed by atoms with Gasteiger partial charge in [0.1, 0.15) is 23.2 Å². The fraction of sp³-hybridized carbons (Fsp3) is 0.143. The van der Waals surface area contributed by atoms with E-state index in [0.29, 0.717) is 5.56 Å². The minimum absolute atomic E-state index is 0.0723. The molecule has 0 aliphatic carbocycles. The predicted octanol–water partition coefficient (Wildman–Crippen LogP) is 2.94. The van der Waals surface area contributed by atoms with Crippen molar-refractivity contribution in [2.24, 2.45) is 0 Å². The fourth-order valence-electron chi connectivity index (χ4n) is 1.61. The largest absolute Gasteiger partial charge is 0.437 e. The van der Waals surface area contributed by atoms with E-state index in [4.69, 9.17) is 10.00 Å². The molecule has 0 amide bonds. The first-order valence-corrected chi connectivity index (χ1v) is 5.63. The van der Waals surface area contributed by atoms with E-state index in [1.165, 1.54) is 24.4 Å². The number of nitriles is 1. The summed E-state index contributed by atoms with van der Waals surface area (Å²) in [5.74, 6) is -0.433. The maximum atomic E-state index is 13.4. The van der Waals surface area contributed by atoms with Gasteiger partial charge in [-0.05, 0) is 31.2 Å². The third-order valence-corrected chi connectivity index (χ3v) is 2.54. The molecular formula is C14H11FN2O2. The summed E-state index contributed by atoms with van der Waals surface area (Å²) in [7, 11) is 0. The minimum atomic E-state index is -0.775. The quantitative estimate of drug-likeness (QED) is 0.919. The van der Waals surface area contributed by atoms with Crippen LogP contribution in [0.15, 0.2) is 36.5 Å². The molecule has 0 unspecified atom stereocenters. The van der Waals surface area contributed by atoms with Gasteiger partial charge in [0, 0.05) is 11.8 Å². The lowest BCUT2D eigenvalue weighted by Crippen LogP contribution is -1.99. The van der Waals surface area contributed by atoms with Crippen molar-refractivity contribution in [1.82, 2.24) is 4.98 Å². The van der Waals surface area contributed by atoms with Gasteiger partial charge in [-0.1, -0.05) is 6.07 Å². The van der Waals surface area contributed by atoms with Crippen LogP contribution in [0.2, 0.25) is 0 Å². The smallest absolute Gasteiger partial charge is 0.225 e. The van der Waals surface area contributed by atoms with Crippen LogP contribution in [0.4, 0.5) is 4.39 Å². The molecule has 2 aromatic rings. The number of aliphatic hydroxyl groups is 1. The number of hydrogen-bond acceptors (Lipinski definition) is 4. The number of hydrogen-bond donors (Lipinski definition) is 1. The zero-order valence-electron chi connectivity index (χ0n) is 10.2. The molecule has 1 aromatic carbocycles. The van der Waals surface area contributed by atoms with Crippen LogP contribution in [0, 0.1) is 17.1 Å². The summed E-state index contributed by atoms with van der Waals surface area (Å²) in [5.41, 5.74) is 0.278. The summed E-state index contributed by atoms with van der Waals surface area (Å²) in [6, 6.07) is 9.15. The van der Waals surface area contributed by atoms with Gasteiger partial charge in [0.05, 0.1) is 6.10 Å². The molecule has 0 fully saturated rings. The molecule has 0 saturated carbocycles. The zero-order valence-corrected chi connectivity index (χ0v) is 10.2. The Balaban J connectivity index is 2.43. The van der Waals surface area contributed by atoms with Crippen LogP contribution in [0.25, 0.3) is 0 Å². The van der Waals surface area contributed by atoms with Gasteiger partial charge in [-0.3, -0.25) is 0 Å². The lowest BCUT2D eigenvalue weighted by Gasteiger charge is -2.12. The van der Waals surface area contributed by atoms with Crippen LogP contribution >= 0.6 is 0 Å². The number of aromatic nitrogens is 1. The standard InChI is InChI=1S/C14H11FN2O2/c1-9(18)10-4-3-7-17-14(10)19-13-6-2-5-12(15)11(13)8-16/h2-7,9,18H,1H3/t9-/m1/s1. The van der Waals surface area contributed by atoms with Crippen molar-refractivity contribution < 1.29 is 14.2 Å². The highest BCUT2D eigenvalue weighted by molar-refractivity contribution is 5.46. The van der Waals surface area contributed by atoms with E-state index in [2.05, 4.69) is 4.98 Å². The minimum Gasteiger partial charge on any atom is -0.437 e. The van der Waals surface area contributed by atoms with E-state index >= 15 is 0 Å². The molecule has 19 heavy (non-hydrogen) atoms. The molecule has 1 aromatic heterocycles. The highest BCUT2D eigenvalue weighted by Gasteiger charge is 2.14. The maximum absolute atomic E-state index is 13.4. The van der Waals surface area contributed by atoms with E-state index in [0.717, 1.165) is 0 Å². The first kappa shape index (κ1) is 13.0. The molecule has 0 bridgehead atoms. The van der Waals surface area contributed by atoms with Gasteiger partial charge in [-0.25, -0.2) is 9.37 Å². The second-order valence-electron chi connectivity index (χ2n) is 3.90. The number of halogens is 1. The van der Waals surface area contributed by atoms with Gasteiger partial charge in [-0.2, -0.15) is 5.26 Å². The van der Waals surface area contributed by atoms with E-state index in [9.17, 15) is 9.50 Å². The van der Waals surface area contributed by atoms with Crippen LogP contribution in [-0.2, 0) is 0 Å². The van der Waals surface area contributed by atoms with Crippen LogP contribution < -0.4 is 4.74 Å². The Kier molecular flexibility index (Phi) is 3.74. The normalized spacial score (nSPS) is 11.7. The number of rotatable bonds is 3. The molecular weight excluding hydrogens is 247 g/mol. The molecule has 96 valence electrons. The van der Waals surface area contributed by atoms with E-state index < -0.39 is 11.9 Å². The van der Waals surface area contributed by atoms with Crippen molar-refractivity contribution in [1.29, 1.82) is 5.26 Å². The Hall–Kier alpha value is -2.45. The second-order valence-corrected chi connectivity index (χ2v) is 3.90. The highest BCUT2D eigenvalue weighted by atomic mass is 19.1. The highest BCUT2D eigenvalue weighted by Crippen LogP contribution is 2.30. The van der Waals surface area contributed by atoms with Gasteiger partial charge in [0.2, 0.25) is 5.88 Å². The second kappa shape index (κ2) is 5.46. The van der Waals surface area contributed by atoms with Crippen LogP contribution in [0.3, 0.4) is 0 Å². The van der Waals surface area contributed by atoms with E-state index in [1.807, 2.05) is 0 Å². The van der Waals surface area contributed by atoms with Crippen molar-refractivity contribution in [3.63, 3.8) is 0 Å². The third-order valence-electron chi connectivity index (χ3n) is 2.54. The Morgan fingerprint density at radius 3 is 2.84 bits per heavy atom. The first-order chi connectivity index (χ1) is 9.13. The zero-order chi connectivity index (χ0) is 13.8. The molecule has 1 atom stereocenters. The Bertz CT molecular complexity index is 636. The monoisotopic (exact) mass is 258 g/mol. The van der Waals surface area contributed by atoms with Gasteiger partial charge in [-0.15, -0.1) is 0 Å². The number of pyridine rings is 1. The van der Waals surface area contributed by atoms with Crippen molar-refractivity contribution in [3.8, 4) is 17.7 Å². The molecule has 2 rings (SSSR count). The van der Waals surface area contributed by atoms with Gasteiger partial charge >= 0.3 is 0 Å². The average Bonchev–Trinajstić information content (AvgIpc) is 2.39. The van der Waals surface area contributed by atoms with Crippen LogP contribution in [0.5, 0.6) is 11.6 Å². The summed E-state index contributed by atoms with van der Waals surface area (Å²) in [6.45, 7) is 1.57. The van der Waals surface area contributed by atoms with Gasteiger partial charge < -0.3 is 9.84 Å². The van der Waals surface area contributed by atoms with E-state index in [-0.39, 0.29) is 17.2 Å². The first-order valence-electron chi connectivity index (χ1n) is 5.63. The number of ether oxygens (including phenoxy) is 1. The Morgan fingerprint density at radius 2 is 2.16 bits per heavy atom. The summed E-state index contributed by atoms with van der Waals surface area (Å²) >= 11 is 0. The third kappa shape index (κ3) is 2.69. The maximum Gasteiger partial charge on any atom is 0.225 e. The Morgan fingerprint density at radius 1 is 1.37 bits per heavy atom. The molecule has 0 spiro atoms. The topological polar surface area (TPSA) is 66.1 Å². The van der Waals surface area contributed by atoms with Gasteiger partial charge in [0.15, 0.2) is 0 Å². The summed E-state index contributed by atoms with van der Waals surface area (Å²) in [4.78, 5) is 3.99. The summed E-state index contributed by atoms with van der Waals surface area (Å²) < 4.78 is 18.9. The van der Waals surface area contributed by atoms with Crippen molar-refractivity contribution in [2.75, 3.05) is 0 Å². The molecule has 0 saturated heterocycles. The number of aliphatic hydroxyl groups excluding tert-OH is 1. The Labute approximate surface area is 109 Å². The number of nitrogens with zero attached hydrogens (tertiary/aromatic N) is 2. The van der Waals surface area contributed by atoms with E-state index in [1.54, 1.807) is 25.1 Å². The fourth-order valence-corrected chi connectivity index (χ4v) is 1.61. The summed E-state index contributed by atoms with van der Waals surface area (Å²) in [5, 5.41) is 18.5. The molecule has 1 heterocycles. The van der Waals surface area contributed by atoms with Crippen molar-refractivity contribution in [2.45, 2.75) is 13.0 Å². The predicted molar refractivity (Wildman–Crippen MR) is 66.1 cm³/mol. The molecule has 5 heteroatoms. The molecule has 0 aliphatic heterocycles. The van der Waals surface area contributed by atoms with Crippen molar-refractivity contribution >= 4 is 0 Å². The SMILES string of the molecule is C[C@@H](O)c1cccnc1Oc1cccc(F)c1C#N. The average molecular weight is 258 g/mol. The molecule has 1 N–H and O–H groups in total. The molecule has 4 nitrogen and oxygen atoms in total. The van der Waals surface area contributed by atoms with Crippen LogP contribution in [-0.4, -0.2) is 10.1 Å². The molecule has 0 aliphatic rings. The lowest BCUT2D eigenvalue weighted by atomic mass is 10.1.